The van der Waals surface area contributed by atoms with E-state index in [4.69, 9.17) is 4.74 Å². The van der Waals surface area contributed by atoms with Crippen LogP contribution in [0.2, 0.25) is 0 Å². The summed E-state index contributed by atoms with van der Waals surface area (Å²) in [5.41, 5.74) is 0.708. The molecule has 0 saturated heterocycles. The number of aryl methyl sites for hydroxylation is 1. The molecular formula is C18H23N3O5S2. The normalized spacial score (nSPS) is 11.5. The Balaban J connectivity index is 2.12. The minimum atomic E-state index is -3.95. The molecule has 8 nitrogen and oxygen atoms in total. The first-order valence-electron chi connectivity index (χ1n) is 8.42. The number of likely N-dealkylation sites (N-methyl/N-ethyl adjacent to an activating group) is 1. The molecule has 1 amide bonds. The summed E-state index contributed by atoms with van der Waals surface area (Å²) in [6, 6.07) is 8.49. The molecule has 1 aromatic carbocycles. The van der Waals surface area contributed by atoms with Crippen molar-refractivity contribution < 1.29 is 22.7 Å². The van der Waals surface area contributed by atoms with Crippen molar-refractivity contribution in [2.45, 2.75) is 16.7 Å². The molecule has 0 saturated carbocycles. The van der Waals surface area contributed by atoms with Crippen molar-refractivity contribution in [3.63, 3.8) is 0 Å². The van der Waals surface area contributed by atoms with Crippen LogP contribution in [0.25, 0.3) is 0 Å². The van der Waals surface area contributed by atoms with Gasteiger partial charge < -0.3 is 14.6 Å². The molecule has 1 heterocycles. The third-order valence-electron chi connectivity index (χ3n) is 3.89. The number of esters is 1. The number of amides is 1. The zero-order valence-electron chi connectivity index (χ0n) is 16.1. The molecule has 0 aliphatic rings. The van der Waals surface area contributed by atoms with Crippen LogP contribution in [0.4, 0.5) is 5.69 Å². The van der Waals surface area contributed by atoms with E-state index in [2.05, 4.69) is 5.32 Å². The Morgan fingerprint density at radius 1 is 1.29 bits per heavy atom. The van der Waals surface area contributed by atoms with Crippen LogP contribution in [-0.4, -0.2) is 55.6 Å². The molecule has 0 aliphatic carbocycles. The van der Waals surface area contributed by atoms with Crippen LogP contribution in [0, 0.1) is 0 Å². The number of carbonyl (C=O) groups is 2. The highest BCUT2D eigenvalue weighted by atomic mass is 32.2. The zero-order valence-corrected chi connectivity index (χ0v) is 17.8. The fourth-order valence-corrected chi connectivity index (χ4v) is 4.11. The first-order valence-corrected chi connectivity index (χ1v) is 11.1. The van der Waals surface area contributed by atoms with Gasteiger partial charge in [0.25, 0.3) is 0 Å². The molecule has 0 fully saturated rings. The molecule has 2 rings (SSSR count). The second kappa shape index (κ2) is 9.26. The highest BCUT2D eigenvalue weighted by Gasteiger charge is 2.26. The van der Waals surface area contributed by atoms with E-state index in [9.17, 15) is 18.0 Å². The lowest BCUT2D eigenvalue weighted by Gasteiger charge is -2.16. The molecule has 0 atom stereocenters. The van der Waals surface area contributed by atoms with E-state index in [0.29, 0.717) is 5.69 Å². The molecule has 0 spiro atoms. The molecule has 28 heavy (non-hydrogen) atoms. The van der Waals surface area contributed by atoms with Gasteiger partial charge in [0, 0.05) is 30.9 Å². The van der Waals surface area contributed by atoms with Crippen LogP contribution in [0.5, 0.6) is 0 Å². The molecule has 0 radical (unpaired) electrons. The lowest BCUT2D eigenvalue weighted by atomic mass is 10.3. The number of anilines is 1. The summed E-state index contributed by atoms with van der Waals surface area (Å²) in [5, 5.41) is 2.68. The number of hydrogen-bond donors (Lipinski definition) is 1. The second-order valence-electron chi connectivity index (χ2n) is 5.93. The molecule has 0 aliphatic heterocycles. The minimum Gasteiger partial charge on any atom is -0.461 e. The summed E-state index contributed by atoms with van der Waals surface area (Å²) < 4.78 is 32.7. The van der Waals surface area contributed by atoms with E-state index in [1.807, 2.05) is 18.4 Å². The standard InChI is InChI=1S/C18H23N3O5S2/c1-5-26-18(23)16-10-15(11-20(16)2)28(24,25)21(3)12-17(22)19-13-7-6-8-14(9-13)27-4/h6-11H,5,12H2,1-4H3,(H,19,22). The SMILES string of the molecule is CCOC(=O)c1cc(S(=O)(=O)N(C)CC(=O)Nc2cccc(SC)c2)cn1C. The van der Waals surface area contributed by atoms with E-state index in [1.165, 1.54) is 35.6 Å². The molecule has 0 unspecified atom stereocenters. The smallest absolute Gasteiger partial charge is 0.354 e. The quantitative estimate of drug-likeness (QED) is 0.514. The maximum absolute atomic E-state index is 12.7. The molecule has 152 valence electrons. The van der Waals surface area contributed by atoms with Crippen LogP contribution in [-0.2, 0) is 26.6 Å². The Kier molecular flexibility index (Phi) is 7.28. The van der Waals surface area contributed by atoms with Gasteiger partial charge in [0.2, 0.25) is 15.9 Å². The lowest BCUT2D eigenvalue weighted by Crippen LogP contribution is -2.34. The van der Waals surface area contributed by atoms with Crippen LogP contribution >= 0.6 is 11.8 Å². The third kappa shape index (κ3) is 5.15. The van der Waals surface area contributed by atoms with Crippen molar-refractivity contribution in [2.24, 2.45) is 7.05 Å². The number of ether oxygens (including phenoxy) is 1. The number of hydrogen-bond acceptors (Lipinski definition) is 6. The van der Waals surface area contributed by atoms with Crippen molar-refractivity contribution >= 4 is 39.3 Å². The number of sulfonamides is 1. The van der Waals surface area contributed by atoms with Crippen molar-refractivity contribution in [3.05, 3.63) is 42.2 Å². The minimum absolute atomic E-state index is 0.0854. The average Bonchev–Trinajstić information content (AvgIpc) is 3.04. The van der Waals surface area contributed by atoms with E-state index < -0.39 is 21.9 Å². The number of rotatable bonds is 8. The third-order valence-corrected chi connectivity index (χ3v) is 6.39. The number of nitrogens with zero attached hydrogens (tertiary/aromatic N) is 2. The number of thioether (sulfide) groups is 1. The van der Waals surface area contributed by atoms with Gasteiger partial charge in [-0.1, -0.05) is 6.07 Å². The summed E-state index contributed by atoms with van der Waals surface area (Å²) >= 11 is 1.54. The van der Waals surface area contributed by atoms with Crippen LogP contribution < -0.4 is 5.32 Å². The summed E-state index contributed by atoms with van der Waals surface area (Å²) in [6.07, 6.45) is 3.24. The predicted octanol–water partition coefficient (Wildman–Crippen LogP) is 2.18. The summed E-state index contributed by atoms with van der Waals surface area (Å²) in [4.78, 5) is 25.0. The maximum Gasteiger partial charge on any atom is 0.354 e. The molecule has 1 N–H and O–H groups in total. The number of aromatic nitrogens is 1. The van der Waals surface area contributed by atoms with Gasteiger partial charge in [-0.15, -0.1) is 11.8 Å². The van der Waals surface area contributed by atoms with E-state index in [-0.39, 0.29) is 23.7 Å². The average molecular weight is 426 g/mol. The van der Waals surface area contributed by atoms with Gasteiger partial charge in [-0.25, -0.2) is 13.2 Å². The van der Waals surface area contributed by atoms with Crippen LogP contribution in [0.3, 0.4) is 0 Å². The molecular weight excluding hydrogens is 402 g/mol. The molecule has 1 aromatic heterocycles. The van der Waals surface area contributed by atoms with E-state index >= 15 is 0 Å². The Hall–Kier alpha value is -2.30. The van der Waals surface area contributed by atoms with Crippen molar-refractivity contribution in [3.8, 4) is 0 Å². The first-order chi connectivity index (χ1) is 13.2. The Labute approximate surface area is 168 Å². The van der Waals surface area contributed by atoms with Crippen LogP contribution in [0.15, 0.2) is 46.3 Å². The number of nitrogens with one attached hydrogen (secondary N) is 1. The zero-order chi connectivity index (χ0) is 20.9. The fraction of sp³-hybridized carbons (Fsp3) is 0.333. The predicted molar refractivity (Wildman–Crippen MR) is 108 cm³/mol. The van der Waals surface area contributed by atoms with Gasteiger partial charge in [-0.2, -0.15) is 4.31 Å². The van der Waals surface area contributed by atoms with Crippen LogP contribution in [0.1, 0.15) is 17.4 Å². The Morgan fingerprint density at radius 3 is 2.64 bits per heavy atom. The molecule has 10 heteroatoms. The first kappa shape index (κ1) is 22.0. The fourth-order valence-electron chi connectivity index (χ4n) is 2.45. The summed E-state index contributed by atoms with van der Waals surface area (Å²) in [5.74, 6) is -1.08. The van der Waals surface area contributed by atoms with Gasteiger partial charge in [0.1, 0.15) is 10.6 Å². The molecule has 0 bridgehead atoms. The number of carbonyl (C=O) groups excluding carboxylic acids is 2. The second-order valence-corrected chi connectivity index (χ2v) is 8.86. The van der Waals surface area contributed by atoms with Crippen molar-refractivity contribution in [1.82, 2.24) is 8.87 Å². The van der Waals surface area contributed by atoms with Crippen molar-refractivity contribution in [2.75, 3.05) is 31.8 Å². The maximum atomic E-state index is 12.7. The van der Waals surface area contributed by atoms with Gasteiger partial charge in [0.05, 0.1) is 13.2 Å². The van der Waals surface area contributed by atoms with Gasteiger partial charge in [-0.3, -0.25) is 4.79 Å². The Bertz CT molecular complexity index is 969. The topological polar surface area (TPSA) is 97.7 Å². The highest BCUT2D eigenvalue weighted by Crippen LogP contribution is 2.20. The van der Waals surface area contributed by atoms with Gasteiger partial charge >= 0.3 is 5.97 Å². The van der Waals surface area contributed by atoms with Gasteiger partial charge in [-0.05, 0) is 37.4 Å². The van der Waals surface area contributed by atoms with E-state index in [1.54, 1.807) is 26.1 Å². The van der Waals surface area contributed by atoms with Crippen molar-refractivity contribution in [1.29, 1.82) is 0 Å². The monoisotopic (exact) mass is 425 g/mol. The molecule has 2 aromatic rings. The Morgan fingerprint density at radius 2 is 2.00 bits per heavy atom. The summed E-state index contributed by atoms with van der Waals surface area (Å²) in [6.45, 7) is 1.49. The highest BCUT2D eigenvalue weighted by molar-refractivity contribution is 7.98. The lowest BCUT2D eigenvalue weighted by molar-refractivity contribution is -0.116. The summed E-state index contributed by atoms with van der Waals surface area (Å²) in [7, 11) is -1.09. The largest absolute Gasteiger partial charge is 0.461 e. The van der Waals surface area contributed by atoms with Gasteiger partial charge in [0.15, 0.2) is 0 Å². The number of benzene rings is 1. The van der Waals surface area contributed by atoms with E-state index in [0.717, 1.165) is 9.20 Å².